The number of nitrogen functional groups attached to an aromatic ring is 1. The normalized spacial score (nSPS) is 13.1. The van der Waals surface area contributed by atoms with Gasteiger partial charge < -0.3 is 15.6 Å². The Balaban J connectivity index is 1.76. The van der Waals surface area contributed by atoms with Crippen molar-refractivity contribution in [1.29, 1.82) is 0 Å². The summed E-state index contributed by atoms with van der Waals surface area (Å²) in [4.78, 5) is 37.8. The topological polar surface area (TPSA) is 116 Å². The van der Waals surface area contributed by atoms with Crippen molar-refractivity contribution in [3.8, 4) is 0 Å². The van der Waals surface area contributed by atoms with Crippen molar-refractivity contribution in [1.82, 2.24) is 24.8 Å². The zero-order valence-corrected chi connectivity index (χ0v) is 18.0. The Hall–Kier alpha value is -2.21. The van der Waals surface area contributed by atoms with Crippen LogP contribution in [-0.4, -0.2) is 38.3 Å². The smallest absolute Gasteiger partial charge is 0.221 e. The summed E-state index contributed by atoms with van der Waals surface area (Å²) in [7, 11) is 1.61. The number of hydrogen-bond acceptors (Lipinski definition) is 7. The average molecular weight is 508 g/mol. The number of nitrogens with one attached hydrogen (secondary N) is 1. The van der Waals surface area contributed by atoms with E-state index in [-0.39, 0.29) is 11.7 Å². The number of nitrogens with zero attached hydrogens (tertiary/aromatic N) is 4. The fraction of sp³-hybridized carbons (Fsp3) is 0.278. The van der Waals surface area contributed by atoms with Gasteiger partial charge in [-0.2, -0.15) is 0 Å². The highest BCUT2D eigenvalue weighted by molar-refractivity contribution is 14.1. The molecule has 28 heavy (non-hydrogen) atoms. The molecule has 8 nitrogen and oxygen atoms in total. The number of imidazole rings is 1. The van der Waals surface area contributed by atoms with Crippen LogP contribution in [0.1, 0.15) is 28.8 Å². The van der Waals surface area contributed by atoms with Crippen LogP contribution in [0.2, 0.25) is 0 Å². The summed E-state index contributed by atoms with van der Waals surface area (Å²) in [6, 6.07) is 4.00. The monoisotopic (exact) mass is 508 g/mol. The van der Waals surface area contributed by atoms with E-state index >= 15 is 0 Å². The molecule has 3 aromatic rings. The van der Waals surface area contributed by atoms with Gasteiger partial charge in [0.15, 0.2) is 27.9 Å². The van der Waals surface area contributed by atoms with Gasteiger partial charge in [0.05, 0.1) is 0 Å². The van der Waals surface area contributed by atoms with Crippen molar-refractivity contribution in [2.24, 2.45) is 0 Å². The van der Waals surface area contributed by atoms with E-state index in [9.17, 15) is 9.59 Å². The molecule has 144 valence electrons. The van der Waals surface area contributed by atoms with Crippen molar-refractivity contribution < 1.29 is 9.59 Å². The molecule has 0 radical (unpaired) electrons. The van der Waals surface area contributed by atoms with E-state index < -0.39 is 0 Å². The molecule has 0 saturated carbocycles. The quantitative estimate of drug-likeness (QED) is 0.509. The minimum Gasteiger partial charge on any atom is -0.382 e. The van der Waals surface area contributed by atoms with E-state index in [1.807, 2.05) is 10.6 Å². The summed E-state index contributed by atoms with van der Waals surface area (Å²) in [6.07, 6.45) is 3.05. The van der Waals surface area contributed by atoms with E-state index in [0.29, 0.717) is 41.5 Å². The van der Waals surface area contributed by atoms with Gasteiger partial charge in [0.2, 0.25) is 5.91 Å². The number of ketones is 1. The van der Waals surface area contributed by atoms with Crippen molar-refractivity contribution >= 4 is 63.0 Å². The number of rotatable bonds is 5. The molecule has 4 rings (SSSR count). The highest BCUT2D eigenvalue weighted by Gasteiger charge is 2.23. The molecule has 0 fully saturated rings. The van der Waals surface area contributed by atoms with Gasteiger partial charge in [0, 0.05) is 40.5 Å². The fourth-order valence-electron chi connectivity index (χ4n) is 3.17. The predicted molar refractivity (Wildman–Crippen MR) is 114 cm³/mol. The molecule has 2 heterocycles. The second-order valence-corrected chi connectivity index (χ2v) is 8.54. The van der Waals surface area contributed by atoms with Gasteiger partial charge in [-0.15, -0.1) is 0 Å². The van der Waals surface area contributed by atoms with Crippen LogP contribution in [-0.2, 0) is 17.8 Å². The molecule has 10 heteroatoms. The lowest BCUT2D eigenvalue weighted by Crippen LogP contribution is -2.19. The van der Waals surface area contributed by atoms with Gasteiger partial charge >= 0.3 is 0 Å². The number of carbonyl (C=O) groups excluding carboxylic acids is 2. The molecule has 1 aliphatic rings. The Morgan fingerprint density at radius 1 is 1.36 bits per heavy atom. The van der Waals surface area contributed by atoms with Crippen LogP contribution in [0.25, 0.3) is 11.2 Å². The van der Waals surface area contributed by atoms with Crippen LogP contribution in [0.15, 0.2) is 28.5 Å². The first-order valence-electron chi connectivity index (χ1n) is 8.68. The number of hydrogen-bond donors (Lipinski definition) is 2. The van der Waals surface area contributed by atoms with Crippen molar-refractivity contribution in [3.63, 3.8) is 0 Å². The average Bonchev–Trinajstić information content (AvgIpc) is 3.21. The van der Waals surface area contributed by atoms with E-state index in [2.05, 4.69) is 48.9 Å². The van der Waals surface area contributed by atoms with E-state index in [0.717, 1.165) is 26.0 Å². The standard InChI is InChI=1S/C18H17IN6O2S/c1-21-14(27)4-5-25-17-15(16(20)22-8-23-17)24-18(25)28-13-7-10-9(6-11(13)19)2-3-12(10)26/h6-8H,2-5H2,1H3,(H,21,27)(H2,20,22,23). The largest absolute Gasteiger partial charge is 0.382 e. The number of nitrogens with two attached hydrogens (primary N) is 1. The van der Waals surface area contributed by atoms with Crippen LogP contribution >= 0.6 is 34.4 Å². The predicted octanol–water partition coefficient (Wildman–Crippen LogP) is 2.43. The molecule has 0 bridgehead atoms. The van der Waals surface area contributed by atoms with Crippen molar-refractivity contribution in [2.45, 2.75) is 35.9 Å². The minimum absolute atomic E-state index is 0.0717. The number of halogens is 1. The molecular weight excluding hydrogens is 491 g/mol. The summed E-state index contributed by atoms with van der Waals surface area (Å²) in [6.45, 7) is 0.412. The summed E-state index contributed by atoms with van der Waals surface area (Å²) in [5.74, 6) is 0.401. The van der Waals surface area contributed by atoms with Gasteiger partial charge in [-0.25, -0.2) is 15.0 Å². The van der Waals surface area contributed by atoms with Gasteiger partial charge in [-0.1, -0.05) is 11.8 Å². The summed E-state index contributed by atoms with van der Waals surface area (Å²) in [5.41, 5.74) is 8.96. The zero-order chi connectivity index (χ0) is 19.8. The third-order valence-corrected chi connectivity index (χ3v) is 6.96. The first-order chi connectivity index (χ1) is 13.5. The Morgan fingerprint density at radius 3 is 2.96 bits per heavy atom. The van der Waals surface area contributed by atoms with Crippen LogP contribution in [0, 0.1) is 3.57 Å². The fourth-order valence-corrected chi connectivity index (χ4v) is 4.99. The third kappa shape index (κ3) is 3.46. The molecule has 1 aromatic carbocycles. The summed E-state index contributed by atoms with van der Waals surface area (Å²) < 4.78 is 2.93. The molecule has 2 aromatic heterocycles. The van der Waals surface area contributed by atoms with E-state index in [1.165, 1.54) is 18.1 Å². The summed E-state index contributed by atoms with van der Waals surface area (Å²) in [5, 5.41) is 3.28. The maximum Gasteiger partial charge on any atom is 0.221 e. The molecular formula is C18H17IN6O2S. The first-order valence-corrected chi connectivity index (χ1v) is 10.6. The zero-order valence-electron chi connectivity index (χ0n) is 15.0. The van der Waals surface area contributed by atoms with E-state index in [4.69, 9.17) is 5.73 Å². The Bertz CT molecular complexity index is 1110. The molecule has 0 spiro atoms. The van der Waals surface area contributed by atoms with Crippen LogP contribution in [0.4, 0.5) is 5.82 Å². The highest BCUT2D eigenvalue weighted by atomic mass is 127. The molecule has 0 saturated heterocycles. The maximum absolute atomic E-state index is 12.1. The molecule has 1 aliphatic carbocycles. The van der Waals surface area contributed by atoms with Crippen molar-refractivity contribution in [2.75, 3.05) is 12.8 Å². The van der Waals surface area contributed by atoms with Crippen LogP contribution in [0.3, 0.4) is 0 Å². The lowest BCUT2D eigenvalue weighted by atomic mass is 10.1. The Kier molecular flexibility index (Phi) is 5.23. The van der Waals surface area contributed by atoms with Gasteiger partial charge in [0.25, 0.3) is 0 Å². The number of fused-ring (bicyclic) bond motifs is 2. The lowest BCUT2D eigenvalue weighted by Gasteiger charge is -2.10. The van der Waals surface area contributed by atoms with Gasteiger partial charge in [0.1, 0.15) is 6.33 Å². The van der Waals surface area contributed by atoms with Gasteiger partial charge in [-0.3, -0.25) is 9.59 Å². The first kappa shape index (κ1) is 19.1. The number of anilines is 1. The maximum atomic E-state index is 12.1. The van der Waals surface area contributed by atoms with E-state index in [1.54, 1.807) is 7.05 Å². The molecule has 3 N–H and O–H groups in total. The minimum atomic E-state index is -0.0717. The number of amides is 1. The van der Waals surface area contributed by atoms with Crippen molar-refractivity contribution in [3.05, 3.63) is 33.2 Å². The molecule has 0 aliphatic heterocycles. The SMILES string of the molecule is CNC(=O)CCn1c(Sc2cc3c(cc2I)CCC3=O)nc2c(N)ncnc21. The summed E-state index contributed by atoms with van der Waals surface area (Å²) >= 11 is 3.72. The second-order valence-electron chi connectivity index (χ2n) is 6.37. The van der Waals surface area contributed by atoms with Crippen LogP contribution in [0.5, 0.6) is 0 Å². The second kappa shape index (κ2) is 7.66. The number of aromatic nitrogens is 4. The number of benzene rings is 1. The number of carbonyl (C=O) groups is 2. The number of Topliss-reactive ketones (excluding diaryl/α,β-unsaturated/α-hetero) is 1. The highest BCUT2D eigenvalue weighted by Crippen LogP contribution is 2.37. The Morgan fingerprint density at radius 2 is 2.18 bits per heavy atom. The van der Waals surface area contributed by atoms with Crippen LogP contribution < -0.4 is 11.1 Å². The molecule has 0 atom stereocenters. The molecule has 0 unspecified atom stereocenters. The van der Waals surface area contributed by atoms with Gasteiger partial charge in [-0.05, 0) is 46.7 Å². The third-order valence-electron chi connectivity index (χ3n) is 4.65. The molecule has 1 amide bonds. The Labute approximate surface area is 178 Å². The lowest BCUT2D eigenvalue weighted by molar-refractivity contribution is -0.120. The number of aryl methyl sites for hydroxylation is 2.